The van der Waals surface area contributed by atoms with E-state index in [-0.39, 0.29) is 17.1 Å². The van der Waals surface area contributed by atoms with E-state index in [1.807, 2.05) is 0 Å². The maximum atomic E-state index is 12.0. The lowest BCUT2D eigenvalue weighted by Crippen LogP contribution is -2.14. The summed E-state index contributed by atoms with van der Waals surface area (Å²) in [4.78, 5) is 20.0. The van der Waals surface area contributed by atoms with Gasteiger partial charge in [-0.1, -0.05) is 11.6 Å². The summed E-state index contributed by atoms with van der Waals surface area (Å²) in [5.41, 5.74) is 0.0594. The minimum atomic E-state index is -0.530. The molecule has 2 aromatic rings. The van der Waals surface area contributed by atoms with Crippen molar-refractivity contribution in [3.63, 3.8) is 0 Å². The number of rotatable bonds is 2. The molecule has 98 valence electrons. The average molecular weight is 407 g/mol. The van der Waals surface area contributed by atoms with Crippen molar-refractivity contribution in [1.82, 2.24) is 9.97 Å². The van der Waals surface area contributed by atoms with Crippen LogP contribution in [0.4, 0.5) is 5.82 Å². The summed E-state index contributed by atoms with van der Waals surface area (Å²) in [7, 11) is 0. The Kier molecular flexibility index (Phi) is 4.38. The fourth-order valence-electron chi connectivity index (χ4n) is 1.30. The molecular weight excluding hydrogens is 401 g/mol. The summed E-state index contributed by atoms with van der Waals surface area (Å²) in [6.07, 6.45) is 1.44. The number of nitrogens with one attached hydrogen (secondary N) is 1. The molecule has 0 radical (unpaired) electrons. The predicted octanol–water partition coefficient (Wildman–Crippen LogP) is 3.61. The maximum absolute atomic E-state index is 12.0. The van der Waals surface area contributed by atoms with Crippen molar-refractivity contribution in [3.05, 3.63) is 44.2 Å². The zero-order chi connectivity index (χ0) is 14.0. The fraction of sp³-hybridized carbons (Fsp3) is 0. The lowest BCUT2D eigenvalue weighted by molar-refractivity contribution is 0.102. The molecule has 2 rings (SSSR count). The van der Waals surface area contributed by atoms with E-state index in [2.05, 4.69) is 47.1 Å². The Morgan fingerprint density at radius 2 is 2.11 bits per heavy atom. The highest BCUT2D eigenvalue weighted by molar-refractivity contribution is 9.11. The van der Waals surface area contributed by atoms with Crippen LogP contribution in [0.25, 0.3) is 0 Å². The van der Waals surface area contributed by atoms with Gasteiger partial charge in [-0.2, -0.15) is 0 Å². The number of aromatic hydroxyl groups is 1. The number of anilines is 1. The third kappa shape index (κ3) is 3.43. The largest absolute Gasteiger partial charge is 0.507 e. The highest BCUT2D eigenvalue weighted by atomic mass is 79.9. The van der Waals surface area contributed by atoms with Crippen molar-refractivity contribution in [3.8, 4) is 5.75 Å². The first kappa shape index (κ1) is 14.2. The van der Waals surface area contributed by atoms with Gasteiger partial charge in [0.05, 0.1) is 11.8 Å². The van der Waals surface area contributed by atoms with E-state index in [0.29, 0.717) is 14.2 Å². The van der Waals surface area contributed by atoms with E-state index >= 15 is 0 Å². The van der Waals surface area contributed by atoms with Gasteiger partial charge in [-0.25, -0.2) is 9.97 Å². The number of halogens is 3. The quantitative estimate of drug-likeness (QED) is 0.798. The summed E-state index contributed by atoms with van der Waals surface area (Å²) < 4.78 is 0.903. The fourth-order valence-corrected chi connectivity index (χ4v) is 2.38. The Labute approximate surface area is 130 Å². The van der Waals surface area contributed by atoms with Gasteiger partial charge in [0.25, 0.3) is 5.91 Å². The Balaban J connectivity index is 2.28. The van der Waals surface area contributed by atoms with Crippen LogP contribution in [0.5, 0.6) is 5.75 Å². The molecule has 0 saturated carbocycles. The van der Waals surface area contributed by atoms with Gasteiger partial charge in [0.1, 0.15) is 15.0 Å². The SMILES string of the molecule is O=C(Nc1ncc(Br)nc1Br)c1cc(Cl)ccc1O. The van der Waals surface area contributed by atoms with Crippen molar-refractivity contribution >= 4 is 55.2 Å². The molecule has 0 aliphatic heterocycles. The molecule has 0 atom stereocenters. The minimum Gasteiger partial charge on any atom is -0.507 e. The van der Waals surface area contributed by atoms with Gasteiger partial charge in [-0.15, -0.1) is 0 Å². The monoisotopic (exact) mass is 405 g/mol. The van der Waals surface area contributed by atoms with Crippen LogP contribution in [0, 0.1) is 0 Å². The van der Waals surface area contributed by atoms with E-state index in [0.717, 1.165) is 0 Å². The first-order chi connectivity index (χ1) is 8.97. The van der Waals surface area contributed by atoms with Crippen molar-refractivity contribution < 1.29 is 9.90 Å². The number of phenolic OH excluding ortho intramolecular Hbond substituents is 1. The van der Waals surface area contributed by atoms with Crippen molar-refractivity contribution in [1.29, 1.82) is 0 Å². The highest BCUT2D eigenvalue weighted by Gasteiger charge is 2.14. The smallest absolute Gasteiger partial charge is 0.260 e. The molecule has 0 saturated heterocycles. The van der Waals surface area contributed by atoms with E-state index in [9.17, 15) is 9.90 Å². The molecule has 8 heteroatoms. The van der Waals surface area contributed by atoms with Crippen molar-refractivity contribution in [2.75, 3.05) is 5.32 Å². The molecule has 0 spiro atoms. The van der Waals surface area contributed by atoms with Crippen LogP contribution >= 0.6 is 43.5 Å². The zero-order valence-electron chi connectivity index (χ0n) is 9.19. The Morgan fingerprint density at radius 1 is 1.37 bits per heavy atom. The minimum absolute atomic E-state index is 0.0594. The van der Waals surface area contributed by atoms with E-state index in [1.165, 1.54) is 24.4 Å². The lowest BCUT2D eigenvalue weighted by Gasteiger charge is -2.07. The molecule has 0 aliphatic carbocycles. The van der Waals surface area contributed by atoms with Crippen molar-refractivity contribution in [2.45, 2.75) is 0 Å². The molecule has 0 aliphatic rings. The van der Waals surface area contributed by atoms with E-state index in [4.69, 9.17) is 11.6 Å². The van der Waals surface area contributed by atoms with Crippen LogP contribution in [-0.4, -0.2) is 21.0 Å². The van der Waals surface area contributed by atoms with Gasteiger partial charge in [0, 0.05) is 5.02 Å². The molecule has 1 amide bonds. The van der Waals surface area contributed by atoms with Gasteiger partial charge >= 0.3 is 0 Å². The molecule has 0 unspecified atom stereocenters. The number of hydrogen-bond acceptors (Lipinski definition) is 4. The first-order valence-corrected chi connectivity index (χ1v) is 6.91. The van der Waals surface area contributed by atoms with E-state index < -0.39 is 5.91 Å². The number of nitrogens with zero attached hydrogens (tertiary/aromatic N) is 2. The standard InChI is InChI=1S/C11H6Br2ClN3O2/c12-8-4-15-10(9(13)16-8)17-11(19)6-3-5(14)1-2-7(6)18/h1-4,18H,(H,15,17,19). The summed E-state index contributed by atoms with van der Waals surface area (Å²) in [5.74, 6) is -0.451. The molecular formula is C11H6Br2ClN3O2. The van der Waals surface area contributed by atoms with Crippen LogP contribution in [-0.2, 0) is 0 Å². The summed E-state index contributed by atoms with van der Waals surface area (Å²) in [5, 5.41) is 12.5. The number of hydrogen-bond donors (Lipinski definition) is 2. The lowest BCUT2D eigenvalue weighted by atomic mass is 10.2. The third-order valence-corrected chi connectivity index (χ3v) is 3.31. The summed E-state index contributed by atoms with van der Waals surface area (Å²) >= 11 is 12.1. The molecule has 5 nitrogen and oxygen atoms in total. The Hall–Kier alpha value is -1.18. The second kappa shape index (κ2) is 5.85. The summed E-state index contributed by atoms with van der Waals surface area (Å²) in [6.45, 7) is 0. The average Bonchev–Trinajstić information content (AvgIpc) is 2.35. The Morgan fingerprint density at radius 3 is 2.79 bits per heavy atom. The van der Waals surface area contributed by atoms with Gasteiger partial charge in [0.15, 0.2) is 5.82 Å². The van der Waals surface area contributed by atoms with Gasteiger partial charge < -0.3 is 10.4 Å². The molecule has 0 fully saturated rings. The van der Waals surface area contributed by atoms with Crippen LogP contribution in [0.1, 0.15) is 10.4 Å². The molecule has 1 aromatic carbocycles. The molecule has 2 N–H and O–H groups in total. The maximum Gasteiger partial charge on any atom is 0.260 e. The molecule has 19 heavy (non-hydrogen) atoms. The predicted molar refractivity (Wildman–Crippen MR) is 78.5 cm³/mol. The van der Waals surface area contributed by atoms with Crippen LogP contribution in [0.3, 0.4) is 0 Å². The number of phenols is 1. The molecule has 0 bridgehead atoms. The van der Waals surface area contributed by atoms with Gasteiger partial charge in [-0.3, -0.25) is 4.79 Å². The number of amides is 1. The third-order valence-electron chi connectivity index (χ3n) is 2.14. The molecule has 1 aromatic heterocycles. The molecule has 1 heterocycles. The van der Waals surface area contributed by atoms with Crippen LogP contribution in [0.15, 0.2) is 33.6 Å². The zero-order valence-corrected chi connectivity index (χ0v) is 13.1. The Bertz CT molecular complexity index is 652. The first-order valence-electron chi connectivity index (χ1n) is 4.95. The number of carbonyl (C=O) groups excluding carboxylic acids is 1. The second-order valence-corrected chi connectivity index (χ2v) is 5.45. The highest BCUT2D eigenvalue weighted by Crippen LogP contribution is 2.24. The number of carbonyl (C=O) groups is 1. The topological polar surface area (TPSA) is 75.1 Å². The van der Waals surface area contributed by atoms with Gasteiger partial charge in [-0.05, 0) is 50.1 Å². The summed E-state index contributed by atoms with van der Waals surface area (Å²) in [6, 6.07) is 4.20. The normalized spacial score (nSPS) is 10.3. The van der Waals surface area contributed by atoms with Crippen LogP contribution < -0.4 is 5.32 Å². The van der Waals surface area contributed by atoms with Crippen molar-refractivity contribution in [2.24, 2.45) is 0 Å². The van der Waals surface area contributed by atoms with E-state index in [1.54, 1.807) is 0 Å². The van der Waals surface area contributed by atoms with Gasteiger partial charge in [0.2, 0.25) is 0 Å². The second-order valence-electron chi connectivity index (χ2n) is 3.45. The number of aromatic nitrogens is 2. The number of benzene rings is 1. The van der Waals surface area contributed by atoms with Crippen LogP contribution in [0.2, 0.25) is 5.02 Å².